The Labute approximate surface area is 104 Å². The van der Waals surface area contributed by atoms with E-state index in [0.717, 1.165) is 17.4 Å². The molecule has 2 rings (SSSR count). The Kier molecular flexibility index (Phi) is 3.32. The van der Waals surface area contributed by atoms with Gasteiger partial charge in [-0.1, -0.05) is 18.2 Å². The molecule has 0 aliphatic carbocycles. The van der Waals surface area contributed by atoms with E-state index in [-0.39, 0.29) is 5.56 Å². The smallest absolute Gasteiger partial charge is 0.211 e. The number of carbonyl (C=O) groups excluding carboxylic acids is 1. The zero-order chi connectivity index (χ0) is 13.2. The van der Waals surface area contributed by atoms with Crippen LogP contribution in [0.5, 0.6) is 0 Å². The molecule has 0 spiro atoms. The first-order valence-corrected chi connectivity index (χ1v) is 5.68. The lowest BCUT2D eigenvalue weighted by molar-refractivity contribution is -0.137. The predicted molar refractivity (Wildman–Crippen MR) is 62.5 cm³/mol. The highest BCUT2D eigenvalue weighted by molar-refractivity contribution is 7.19. The molecule has 1 aromatic heterocycles. The maximum Gasteiger partial charge on any atom is 0.417 e. The third-order valence-corrected chi connectivity index (χ3v) is 3.26. The van der Waals surface area contributed by atoms with Gasteiger partial charge in [0.05, 0.1) is 5.56 Å². The van der Waals surface area contributed by atoms with Gasteiger partial charge >= 0.3 is 6.18 Å². The number of halogens is 3. The number of isocyanates is 1. The molecule has 2 aromatic rings. The average Bonchev–Trinajstić information content (AvgIpc) is 2.77. The highest BCUT2D eigenvalue weighted by Crippen LogP contribution is 2.40. The molecule has 2 nitrogen and oxygen atoms in total. The molecule has 0 aliphatic rings. The fourth-order valence-electron chi connectivity index (χ4n) is 1.52. The molecule has 0 amide bonds. The Morgan fingerprint density at radius 1 is 1.11 bits per heavy atom. The maximum atomic E-state index is 12.8. The molecule has 0 atom stereocenters. The van der Waals surface area contributed by atoms with Crippen LogP contribution in [-0.4, -0.2) is 6.08 Å². The Morgan fingerprint density at radius 3 is 2.50 bits per heavy atom. The first-order valence-electron chi connectivity index (χ1n) is 4.86. The second-order valence-corrected chi connectivity index (χ2v) is 4.45. The highest BCUT2D eigenvalue weighted by Gasteiger charge is 2.33. The quantitative estimate of drug-likeness (QED) is 0.587. The summed E-state index contributed by atoms with van der Waals surface area (Å²) in [6.07, 6.45) is -3.05. The lowest BCUT2D eigenvalue weighted by atomic mass is 10.1. The van der Waals surface area contributed by atoms with Crippen molar-refractivity contribution in [3.63, 3.8) is 0 Å². The van der Waals surface area contributed by atoms with E-state index in [1.165, 1.54) is 36.4 Å². The van der Waals surface area contributed by atoms with Gasteiger partial charge in [0, 0.05) is 10.4 Å². The molecular weight excluding hydrogens is 263 g/mol. The maximum absolute atomic E-state index is 12.8. The molecule has 0 fully saturated rings. The zero-order valence-corrected chi connectivity index (χ0v) is 9.68. The SMILES string of the molecule is O=C=Nc1ccc(-c2ccccc2C(F)(F)F)s1. The lowest BCUT2D eigenvalue weighted by Crippen LogP contribution is -2.06. The molecule has 6 heteroatoms. The van der Waals surface area contributed by atoms with Gasteiger partial charge in [0.1, 0.15) is 5.00 Å². The summed E-state index contributed by atoms with van der Waals surface area (Å²) in [5.74, 6) is 0. The second kappa shape index (κ2) is 4.76. The third kappa shape index (κ3) is 2.50. The molecule has 0 radical (unpaired) electrons. The van der Waals surface area contributed by atoms with Crippen LogP contribution in [0, 0.1) is 0 Å². The Bertz CT molecular complexity index is 612. The topological polar surface area (TPSA) is 29.4 Å². The molecule has 0 saturated carbocycles. The molecule has 1 heterocycles. The first-order chi connectivity index (χ1) is 8.52. The van der Waals surface area contributed by atoms with Crippen molar-refractivity contribution in [2.45, 2.75) is 6.18 Å². The van der Waals surface area contributed by atoms with Gasteiger partial charge in [-0.25, -0.2) is 4.79 Å². The van der Waals surface area contributed by atoms with Crippen LogP contribution in [0.1, 0.15) is 5.56 Å². The fraction of sp³-hybridized carbons (Fsp3) is 0.0833. The largest absolute Gasteiger partial charge is 0.417 e. The molecule has 1 aromatic carbocycles. The normalized spacial score (nSPS) is 11.1. The predicted octanol–water partition coefficient (Wildman–Crippen LogP) is 4.40. The summed E-state index contributed by atoms with van der Waals surface area (Å²) in [5, 5.41) is 0.331. The van der Waals surface area contributed by atoms with E-state index in [0.29, 0.717) is 9.88 Å². The molecule has 0 unspecified atom stereocenters. The summed E-state index contributed by atoms with van der Waals surface area (Å²) < 4.78 is 38.4. The van der Waals surface area contributed by atoms with Gasteiger partial charge in [-0.15, -0.1) is 11.3 Å². The Morgan fingerprint density at radius 2 is 1.83 bits per heavy atom. The van der Waals surface area contributed by atoms with E-state index in [1.807, 2.05) is 0 Å². The van der Waals surface area contributed by atoms with E-state index < -0.39 is 11.7 Å². The average molecular weight is 269 g/mol. The van der Waals surface area contributed by atoms with Gasteiger partial charge in [-0.05, 0) is 18.2 Å². The van der Waals surface area contributed by atoms with Gasteiger partial charge in [-0.3, -0.25) is 0 Å². The van der Waals surface area contributed by atoms with Gasteiger partial charge in [-0.2, -0.15) is 18.2 Å². The third-order valence-electron chi connectivity index (χ3n) is 2.25. The van der Waals surface area contributed by atoms with Crippen molar-refractivity contribution in [2.75, 3.05) is 0 Å². The summed E-state index contributed by atoms with van der Waals surface area (Å²) in [4.78, 5) is 13.9. The van der Waals surface area contributed by atoms with E-state index in [9.17, 15) is 18.0 Å². The zero-order valence-electron chi connectivity index (χ0n) is 8.86. The number of rotatable bonds is 2. The first kappa shape index (κ1) is 12.5. The van der Waals surface area contributed by atoms with Gasteiger partial charge < -0.3 is 0 Å². The van der Waals surface area contributed by atoms with Gasteiger partial charge in [0.2, 0.25) is 6.08 Å². The van der Waals surface area contributed by atoms with Crippen molar-refractivity contribution in [1.82, 2.24) is 0 Å². The molecule has 0 bridgehead atoms. The molecule has 92 valence electrons. The van der Waals surface area contributed by atoms with Crippen molar-refractivity contribution in [2.24, 2.45) is 4.99 Å². The Hall–Kier alpha value is -1.91. The molecular formula is C12H6F3NOS. The number of hydrogen-bond acceptors (Lipinski definition) is 3. The second-order valence-electron chi connectivity index (χ2n) is 3.38. The van der Waals surface area contributed by atoms with Crippen molar-refractivity contribution < 1.29 is 18.0 Å². The van der Waals surface area contributed by atoms with E-state index >= 15 is 0 Å². The van der Waals surface area contributed by atoms with Crippen molar-refractivity contribution >= 4 is 22.4 Å². The summed E-state index contributed by atoms with van der Waals surface area (Å²) in [5.41, 5.74) is -0.615. The minimum absolute atomic E-state index is 0.0855. The summed E-state index contributed by atoms with van der Waals surface area (Å²) in [7, 11) is 0. The van der Waals surface area contributed by atoms with Crippen LogP contribution in [0.25, 0.3) is 10.4 Å². The number of aliphatic imine (C=N–C) groups is 1. The van der Waals surface area contributed by atoms with Crippen LogP contribution < -0.4 is 0 Å². The van der Waals surface area contributed by atoms with Crippen molar-refractivity contribution in [3.8, 4) is 10.4 Å². The van der Waals surface area contributed by atoms with E-state index in [1.54, 1.807) is 0 Å². The molecule has 0 N–H and O–H groups in total. The van der Waals surface area contributed by atoms with Gasteiger partial charge in [0.25, 0.3) is 0 Å². The Balaban J connectivity index is 2.53. The van der Waals surface area contributed by atoms with Crippen LogP contribution in [-0.2, 0) is 11.0 Å². The van der Waals surface area contributed by atoms with Crippen molar-refractivity contribution in [3.05, 3.63) is 42.0 Å². The van der Waals surface area contributed by atoms with Crippen LogP contribution in [0.3, 0.4) is 0 Å². The lowest BCUT2D eigenvalue weighted by Gasteiger charge is -2.10. The minimum atomic E-state index is -4.41. The summed E-state index contributed by atoms with van der Waals surface area (Å²) in [6.45, 7) is 0. The number of thiophene rings is 1. The number of hydrogen-bond donors (Lipinski definition) is 0. The number of nitrogens with zero attached hydrogens (tertiary/aromatic N) is 1. The van der Waals surface area contributed by atoms with Gasteiger partial charge in [0.15, 0.2) is 0 Å². The highest BCUT2D eigenvalue weighted by atomic mass is 32.1. The van der Waals surface area contributed by atoms with Crippen LogP contribution in [0.4, 0.5) is 18.2 Å². The van der Waals surface area contributed by atoms with Crippen molar-refractivity contribution in [1.29, 1.82) is 0 Å². The summed E-state index contributed by atoms with van der Waals surface area (Å²) in [6, 6.07) is 8.28. The fourth-order valence-corrected chi connectivity index (χ4v) is 2.39. The molecule has 18 heavy (non-hydrogen) atoms. The monoisotopic (exact) mass is 269 g/mol. The van der Waals surface area contributed by atoms with Crippen LogP contribution in [0.15, 0.2) is 41.4 Å². The van der Waals surface area contributed by atoms with E-state index in [2.05, 4.69) is 4.99 Å². The van der Waals surface area contributed by atoms with E-state index in [4.69, 9.17) is 0 Å². The molecule has 0 saturated heterocycles. The number of benzene rings is 1. The summed E-state index contributed by atoms with van der Waals surface area (Å²) >= 11 is 1.01. The van der Waals surface area contributed by atoms with Crippen LogP contribution in [0.2, 0.25) is 0 Å². The standard InChI is InChI=1S/C12H6F3NOS/c13-12(14,15)9-4-2-1-3-8(9)10-5-6-11(18-10)16-7-17/h1-6H. The van der Waals surface area contributed by atoms with Crippen LogP contribution >= 0.6 is 11.3 Å². The molecule has 0 aliphatic heterocycles. The minimum Gasteiger partial charge on any atom is -0.211 e. The number of alkyl halides is 3.